The Bertz CT molecular complexity index is 696. The lowest BCUT2D eigenvalue weighted by Gasteiger charge is -2.23. The molecule has 1 amide bonds. The van der Waals surface area contributed by atoms with Crippen LogP contribution in [-0.4, -0.2) is 44.3 Å². The van der Waals surface area contributed by atoms with E-state index in [9.17, 15) is 15.0 Å². The zero-order valence-electron chi connectivity index (χ0n) is 12.8. The summed E-state index contributed by atoms with van der Waals surface area (Å²) in [6, 6.07) is 6.44. The summed E-state index contributed by atoms with van der Waals surface area (Å²) in [5.41, 5.74) is 1.61. The van der Waals surface area contributed by atoms with Gasteiger partial charge in [-0.15, -0.1) is 0 Å². The third kappa shape index (κ3) is 3.72. The monoisotopic (exact) mass is 347 g/mol. The Kier molecular flexibility index (Phi) is 5.08. The molecule has 1 saturated carbocycles. The first kappa shape index (κ1) is 16.8. The van der Waals surface area contributed by atoms with E-state index < -0.39 is 18.2 Å². The van der Waals surface area contributed by atoms with Crippen molar-refractivity contribution >= 4 is 17.5 Å². The molecule has 1 aromatic carbocycles. The van der Waals surface area contributed by atoms with E-state index in [4.69, 9.17) is 11.6 Å². The third-order valence-electron chi connectivity index (χ3n) is 4.31. The molecule has 3 rings (SSSR count). The number of carbonyl (C=O) groups excluding carboxylic acids is 1. The standard InChI is InChI=1S/C17H18ClN3O3/c18-12-3-1-10(2-4-12)5-15(23)21-16-13(6-14(22)17(16)24)11-7-19-9-20-8-11/h1-4,7-9,13-14,16-17,22,24H,5-6H2,(H,21,23). The van der Waals surface area contributed by atoms with Crippen molar-refractivity contribution in [3.8, 4) is 0 Å². The van der Waals surface area contributed by atoms with Crippen LogP contribution < -0.4 is 5.32 Å². The van der Waals surface area contributed by atoms with Gasteiger partial charge in [0.05, 0.1) is 18.6 Å². The number of amides is 1. The molecule has 24 heavy (non-hydrogen) atoms. The van der Waals surface area contributed by atoms with Crippen molar-refractivity contribution in [1.82, 2.24) is 15.3 Å². The van der Waals surface area contributed by atoms with E-state index in [1.807, 2.05) is 0 Å². The average Bonchev–Trinajstić information content (AvgIpc) is 2.86. The normalized spacial score (nSPS) is 26.3. The van der Waals surface area contributed by atoms with Gasteiger partial charge < -0.3 is 15.5 Å². The van der Waals surface area contributed by atoms with E-state index >= 15 is 0 Å². The fraction of sp³-hybridized carbons (Fsp3) is 0.353. The lowest BCUT2D eigenvalue weighted by Crippen LogP contribution is -2.45. The van der Waals surface area contributed by atoms with Crippen LogP contribution in [-0.2, 0) is 11.2 Å². The lowest BCUT2D eigenvalue weighted by atomic mass is 9.95. The molecule has 1 heterocycles. The molecular weight excluding hydrogens is 330 g/mol. The average molecular weight is 348 g/mol. The molecule has 4 unspecified atom stereocenters. The summed E-state index contributed by atoms with van der Waals surface area (Å²) in [6.45, 7) is 0. The fourth-order valence-electron chi connectivity index (χ4n) is 3.08. The van der Waals surface area contributed by atoms with Crippen LogP contribution in [0, 0.1) is 0 Å². The molecule has 1 fully saturated rings. The molecule has 0 spiro atoms. The highest BCUT2D eigenvalue weighted by molar-refractivity contribution is 6.30. The van der Waals surface area contributed by atoms with Gasteiger partial charge in [0, 0.05) is 23.3 Å². The molecule has 3 N–H and O–H groups in total. The van der Waals surface area contributed by atoms with Gasteiger partial charge in [0.25, 0.3) is 0 Å². The zero-order valence-corrected chi connectivity index (χ0v) is 13.6. The fourth-order valence-corrected chi connectivity index (χ4v) is 3.21. The maximum Gasteiger partial charge on any atom is 0.224 e. The first-order chi connectivity index (χ1) is 11.5. The number of nitrogens with zero attached hydrogens (tertiary/aromatic N) is 2. The summed E-state index contributed by atoms with van der Waals surface area (Å²) in [7, 11) is 0. The number of benzene rings is 1. The minimum atomic E-state index is -1.02. The third-order valence-corrected chi connectivity index (χ3v) is 4.56. The summed E-state index contributed by atoms with van der Waals surface area (Å²) in [4.78, 5) is 20.3. The molecule has 7 heteroatoms. The second-order valence-corrected chi connectivity index (χ2v) is 6.40. The largest absolute Gasteiger partial charge is 0.390 e. The summed E-state index contributed by atoms with van der Waals surface area (Å²) >= 11 is 5.83. The van der Waals surface area contributed by atoms with Gasteiger partial charge in [0.2, 0.25) is 5.91 Å². The van der Waals surface area contributed by atoms with Crippen molar-refractivity contribution in [1.29, 1.82) is 0 Å². The first-order valence-electron chi connectivity index (χ1n) is 7.69. The highest BCUT2D eigenvalue weighted by Crippen LogP contribution is 2.34. The molecule has 2 aromatic rings. The number of aliphatic hydroxyl groups is 2. The van der Waals surface area contributed by atoms with Crippen LogP contribution in [0.25, 0.3) is 0 Å². The minimum Gasteiger partial charge on any atom is -0.390 e. The van der Waals surface area contributed by atoms with Gasteiger partial charge in [0.1, 0.15) is 12.4 Å². The van der Waals surface area contributed by atoms with Gasteiger partial charge >= 0.3 is 0 Å². The number of halogens is 1. The molecule has 0 aliphatic heterocycles. The molecular formula is C17H18ClN3O3. The van der Waals surface area contributed by atoms with Crippen molar-refractivity contribution in [2.24, 2.45) is 0 Å². The van der Waals surface area contributed by atoms with E-state index in [2.05, 4.69) is 15.3 Å². The Balaban J connectivity index is 1.71. The van der Waals surface area contributed by atoms with Crippen LogP contribution in [0.5, 0.6) is 0 Å². The summed E-state index contributed by atoms with van der Waals surface area (Å²) in [5.74, 6) is -0.456. The Morgan fingerprint density at radius 2 is 1.88 bits per heavy atom. The Labute approximate surface area is 144 Å². The van der Waals surface area contributed by atoms with E-state index in [-0.39, 0.29) is 18.2 Å². The number of aromatic nitrogens is 2. The zero-order chi connectivity index (χ0) is 17.1. The summed E-state index contributed by atoms with van der Waals surface area (Å²) in [6.07, 6.45) is 3.30. The van der Waals surface area contributed by atoms with Crippen molar-refractivity contribution in [3.63, 3.8) is 0 Å². The van der Waals surface area contributed by atoms with Crippen molar-refractivity contribution in [3.05, 3.63) is 59.1 Å². The quantitative estimate of drug-likeness (QED) is 0.769. The summed E-state index contributed by atoms with van der Waals surface area (Å²) < 4.78 is 0. The maximum absolute atomic E-state index is 12.3. The van der Waals surface area contributed by atoms with Crippen LogP contribution in [0.1, 0.15) is 23.5 Å². The number of aliphatic hydroxyl groups excluding tert-OH is 2. The molecule has 6 nitrogen and oxygen atoms in total. The molecule has 4 atom stereocenters. The van der Waals surface area contributed by atoms with Crippen LogP contribution in [0.15, 0.2) is 43.0 Å². The Morgan fingerprint density at radius 3 is 2.54 bits per heavy atom. The first-order valence-corrected chi connectivity index (χ1v) is 8.07. The molecule has 0 radical (unpaired) electrons. The number of nitrogens with one attached hydrogen (secondary N) is 1. The predicted molar refractivity (Wildman–Crippen MR) is 88.5 cm³/mol. The number of hydrogen-bond acceptors (Lipinski definition) is 5. The number of hydrogen-bond donors (Lipinski definition) is 3. The SMILES string of the molecule is O=C(Cc1ccc(Cl)cc1)NC1C(c2cncnc2)CC(O)C1O. The van der Waals surface area contributed by atoms with Gasteiger partial charge in [-0.25, -0.2) is 9.97 Å². The number of rotatable bonds is 4. The van der Waals surface area contributed by atoms with Crippen LogP contribution in [0.2, 0.25) is 5.02 Å². The van der Waals surface area contributed by atoms with E-state index in [1.165, 1.54) is 6.33 Å². The smallest absolute Gasteiger partial charge is 0.224 e. The number of carbonyl (C=O) groups is 1. The Hall–Kier alpha value is -2.02. The second-order valence-electron chi connectivity index (χ2n) is 5.97. The van der Waals surface area contributed by atoms with Gasteiger partial charge in [-0.1, -0.05) is 23.7 Å². The van der Waals surface area contributed by atoms with E-state index in [0.717, 1.165) is 11.1 Å². The van der Waals surface area contributed by atoms with Gasteiger partial charge in [-0.05, 0) is 29.7 Å². The molecule has 1 aliphatic rings. The maximum atomic E-state index is 12.3. The highest BCUT2D eigenvalue weighted by atomic mass is 35.5. The second kappa shape index (κ2) is 7.25. The van der Waals surface area contributed by atoms with Crippen LogP contribution >= 0.6 is 11.6 Å². The predicted octanol–water partition coefficient (Wildman–Crippen LogP) is 1.07. The molecule has 126 valence electrons. The molecule has 1 aromatic heterocycles. The van der Waals surface area contributed by atoms with Gasteiger partial charge in [-0.3, -0.25) is 4.79 Å². The van der Waals surface area contributed by atoms with Gasteiger partial charge in [0.15, 0.2) is 0 Å². The highest BCUT2D eigenvalue weighted by Gasteiger charge is 2.43. The summed E-state index contributed by atoms with van der Waals surface area (Å²) in [5, 5.41) is 23.6. The lowest BCUT2D eigenvalue weighted by molar-refractivity contribution is -0.122. The van der Waals surface area contributed by atoms with Crippen LogP contribution in [0.3, 0.4) is 0 Å². The van der Waals surface area contributed by atoms with Crippen LogP contribution in [0.4, 0.5) is 0 Å². The van der Waals surface area contributed by atoms with Crippen molar-refractivity contribution < 1.29 is 15.0 Å². The van der Waals surface area contributed by atoms with E-state index in [1.54, 1.807) is 36.7 Å². The topological polar surface area (TPSA) is 95.3 Å². The molecule has 0 bridgehead atoms. The van der Waals surface area contributed by atoms with Gasteiger partial charge in [-0.2, -0.15) is 0 Å². The molecule has 1 aliphatic carbocycles. The molecule has 0 saturated heterocycles. The Morgan fingerprint density at radius 1 is 1.21 bits per heavy atom. The van der Waals surface area contributed by atoms with Crippen molar-refractivity contribution in [2.45, 2.75) is 37.0 Å². The van der Waals surface area contributed by atoms with E-state index in [0.29, 0.717) is 11.4 Å². The minimum absolute atomic E-state index is 0.175. The van der Waals surface area contributed by atoms with Crippen molar-refractivity contribution in [2.75, 3.05) is 0 Å².